The highest BCUT2D eigenvalue weighted by molar-refractivity contribution is 14.0. The third-order valence-corrected chi connectivity index (χ3v) is 5.30. The Morgan fingerprint density at radius 2 is 1.92 bits per heavy atom. The number of methoxy groups -OCH3 is 1. The van der Waals surface area contributed by atoms with E-state index in [1.54, 1.807) is 0 Å². The number of rotatable bonds is 5. The SMILES string of the molecule is CCNC(=NCCN1CCC(C)CC1)N1CC(C)C(C(=O)OC)C1.I. The van der Waals surface area contributed by atoms with Crippen LogP contribution in [0.2, 0.25) is 0 Å². The van der Waals surface area contributed by atoms with E-state index in [4.69, 9.17) is 9.73 Å². The summed E-state index contributed by atoms with van der Waals surface area (Å²) in [4.78, 5) is 21.4. The van der Waals surface area contributed by atoms with Crippen LogP contribution in [0.1, 0.15) is 33.6 Å². The molecule has 2 saturated heterocycles. The highest BCUT2D eigenvalue weighted by atomic mass is 127. The monoisotopic (exact) mass is 466 g/mol. The lowest BCUT2D eigenvalue weighted by atomic mass is 9.99. The first-order valence-electron chi connectivity index (χ1n) is 9.38. The number of hydrogen-bond donors (Lipinski definition) is 1. The maximum atomic E-state index is 11.9. The van der Waals surface area contributed by atoms with Gasteiger partial charge >= 0.3 is 5.97 Å². The number of nitrogens with zero attached hydrogens (tertiary/aromatic N) is 3. The quantitative estimate of drug-likeness (QED) is 0.291. The zero-order chi connectivity index (χ0) is 17.5. The van der Waals surface area contributed by atoms with Gasteiger partial charge in [-0.2, -0.15) is 0 Å². The smallest absolute Gasteiger partial charge is 0.310 e. The highest BCUT2D eigenvalue weighted by Crippen LogP contribution is 2.24. The minimum Gasteiger partial charge on any atom is -0.469 e. The molecular weight excluding hydrogens is 431 g/mol. The van der Waals surface area contributed by atoms with Crippen LogP contribution in [0.25, 0.3) is 0 Å². The van der Waals surface area contributed by atoms with Gasteiger partial charge in [-0.15, -0.1) is 24.0 Å². The first-order chi connectivity index (χ1) is 11.5. The van der Waals surface area contributed by atoms with Gasteiger partial charge in [-0.05, 0) is 44.7 Å². The molecule has 0 bridgehead atoms. The Kier molecular flexibility index (Phi) is 10.1. The molecule has 2 atom stereocenters. The summed E-state index contributed by atoms with van der Waals surface area (Å²) in [5.74, 6) is 1.93. The van der Waals surface area contributed by atoms with Gasteiger partial charge in [0, 0.05) is 26.2 Å². The second kappa shape index (κ2) is 11.2. The molecule has 2 fully saturated rings. The van der Waals surface area contributed by atoms with E-state index in [9.17, 15) is 4.79 Å². The second-order valence-corrected chi connectivity index (χ2v) is 7.27. The van der Waals surface area contributed by atoms with E-state index in [1.807, 2.05) is 0 Å². The number of carbonyl (C=O) groups is 1. The topological polar surface area (TPSA) is 57.2 Å². The lowest BCUT2D eigenvalue weighted by Crippen LogP contribution is -2.41. The molecule has 2 heterocycles. The summed E-state index contributed by atoms with van der Waals surface area (Å²) in [5.41, 5.74) is 0. The van der Waals surface area contributed by atoms with Crippen LogP contribution in [-0.2, 0) is 9.53 Å². The van der Waals surface area contributed by atoms with Crippen molar-refractivity contribution in [2.45, 2.75) is 33.6 Å². The molecule has 0 radical (unpaired) electrons. The van der Waals surface area contributed by atoms with Gasteiger partial charge in [-0.25, -0.2) is 0 Å². The first-order valence-corrected chi connectivity index (χ1v) is 9.38. The summed E-state index contributed by atoms with van der Waals surface area (Å²) in [6, 6.07) is 0. The van der Waals surface area contributed by atoms with Crippen molar-refractivity contribution in [3.05, 3.63) is 0 Å². The molecule has 6 nitrogen and oxygen atoms in total. The van der Waals surface area contributed by atoms with Crippen molar-refractivity contribution in [2.24, 2.45) is 22.7 Å². The zero-order valence-corrected chi connectivity index (χ0v) is 18.5. The van der Waals surface area contributed by atoms with Gasteiger partial charge in [0.2, 0.25) is 0 Å². The maximum Gasteiger partial charge on any atom is 0.310 e. The number of carbonyl (C=O) groups excluding carboxylic acids is 1. The van der Waals surface area contributed by atoms with Gasteiger partial charge < -0.3 is 19.9 Å². The molecule has 0 amide bonds. The number of likely N-dealkylation sites (tertiary alicyclic amines) is 2. The number of guanidine groups is 1. The number of esters is 1. The Hall–Kier alpha value is -0.570. The summed E-state index contributed by atoms with van der Waals surface area (Å²) in [5, 5.41) is 3.37. The van der Waals surface area contributed by atoms with Gasteiger partial charge in [0.05, 0.1) is 19.6 Å². The maximum absolute atomic E-state index is 11.9. The summed E-state index contributed by atoms with van der Waals surface area (Å²) < 4.78 is 4.93. The van der Waals surface area contributed by atoms with Gasteiger partial charge in [0.25, 0.3) is 0 Å². The average Bonchev–Trinajstić information content (AvgIpc) is 2.97. The number of ether oxygens (including phenoxy) is 1. The van der Waals surface area contributed by atoms with Gasteiger partial charge in [-0.3, -0.25) is 9.79 Å². The van der Waals surface area contributed by atoms with Crippen molar-refractivity contribution in [2.75, 3.05) is 52.9 Å². The van der Waals surface area contributed by atoms with E-state index in [2.05, 4.69) is 35.9 Å². The normalized spacial score (nSPS) is 25.6. The predicted molar refractivity (Wildman–Crippen MR) is 112 cm³/mol. The van der Waals surface area contributed by atoms with Crippen molar-refractivity contribution in [1.82, 2.24) is 15.1 Å². The van der Waals surface area contributed by atoms with Crippen molar-refractivity contribution < 1.29 is 9.53 Å². The number of nitrogens with one attached hydrogen (secondary N) is 1. The predicted octanol–water partition coefficient (Wildman–Crippen LogP) is 2.04. The fourth-order valence-electron chi connectivity index (χ4n) is 3.61. The lowest BCUT2D eigenvalue weighted by Gasteiger charge is -2.29. The molecule has 146 valence electrons. The van der Waals surface area contributed by atoms with Crippen LogP contribution in [0.4, 0.5) is 0 Å². The van der Waals surface area contributed by atoms with Gasteiger partial charge in [0.1, 0.15) is 0 Å². The van der Waals surface area contributed by atoms with E-state index in [0.717, 1.165) is 38.1 Å². The van der Waals surface area contributed by atoms with E-state index in [1.165, 1.54) is 33.0 Å². The molecule has 2 aliphatic heterocycles. The van der Waals surface area contributed by atoms with Gasteiger partial charge in [0.15, 0.2) is 5.96 Å². The van der Waals surface area contributed by atoms with E-state index >= 15 is 0 Å². The minimum absolute atomic E-state index is 0. The van der Waals surface area contributed by atoms with E-state index < -0.39 is 0 Å². The Labute approximate surface area is 169 Å². The van der Waals surface area contributed by atoms with E-state index in [0.29, 0.717) is 12.5 Å². The van der Waals surface area contributed by atoms with Crippen molar-refractivity contribution in [3.8, 4) is 0 Å². The molecule has 2 unspecified atom stereocenters. The summed E-state index contributed by atoms with van der Waals surface area (Å²) in [7, 11) is 1.47. The highest BCUT2D eigenvalue weighted by Gasteiger charge is 2.36. The van der Waals surface area contributed by atoms with Crippen LogP contribution in [-0.4, -0.2) is 74.7 Å². The molecule has 0 aliphatic carbocycles. The molecule has 0 spiro atoms. The average molecular weight is 466 g/mol. The fraction of sp³-hybridized carbons (Fsp3) is 0.889. The fourth-order valence-corrected chi connectivity index (χ4v) is 3.61. The summed E-state index contributed by atoms with van der Waals surface area (Å²) >= 11 is 0. The molecule has 0 aromatic heterocycles. The molecule has 1 N–H and O–H groups in total. The molecule has 2 rings (SSSR count). The third kappa shape index (κ3) is 6.58. The Balaban J connectivity index is 0.00000312. The number of hydrogen-bond acceptors (Lipinski definition) is 4. The molecule has 0 aromatic carbocycles. The molecule has 25 heavy (non-hydrogen) atoms. The molecular formula is C18H35IN4O2. The van der Waals surface area contributed by atoms with Crippen LogP contribution in [0, 0.1) is 17.8 Å². The number of halogens is 1. The van der Waals surface area contributed by atoms with Crippen molar-refractivity contribution in [1.29, 1.82) is 0 Å². The van der Waals surface area contributed by atoms with Crippen molar-refractivity contribution in [3.63, 3.8) is 0 Å². The van der Waals surface area contributed by atoms with Crippen LogP contribution in [0.5, 0.6) is 0 Å². The Morgan fingerprint density at radius 3 is 2.52 bits per heavy atom. The molecule has 0 saturated carbocycles. The van der Waals surface area contributed by atoms with Crippen LogP contribution < -0.4 is 5.32 Å². The zero-order valence-electron chi connectivity index (χ0n) is 16.2. The number of aliphatic imine (C=N–C) groups is 1. The Morgan fingerprint density at radius 1 is 1.24 bits per heavy atom. The number of piperidine rings is 1. The van der Waals surface area contributed by atoms with Crippen LogP contribution in [0.3, 0.4) is 0 Å². The third-order valence-electron chi connectivity index (χ3n) is 5.30. The standard InChI is InChI=1S/C18H34N4O2.HI/c1-5-19-18(20-8-11-21-9-6-14(2)7-10-21)22-12-15(3)16(13-22)17(23)24-4;/h14-16H,5-13H2,1-4H3,(H,19,20);1H. The summed E-state index contributed by atoms with van der Waals surface area (Å²) in [6.07, 6.45) is 2.60. The summed E-state index contributed by atoms with van der Waals surface area (Å²) in [6.45, 7) is 13.1. The molecule has 0 aromatic rings. The Bertz CT molecular complexity index is 439. The second-order valence-electron chi connectivity index (χ2n) is 7.27. The van der Waals surface area contributed by atoms with Crippen LogP contribution in [0.15, 0.2) is 4.99 Å². The first kappa shape index (κ1) is 22.5. The lowest BCUT2D eigenvalue weighted by molar-refractivity contribution is -0.145. The largest absolute Gasteiger partial charge is 0.469 e. The molecule has 2 aliphatic rings. The van der Waals surface area contributed by atoms with Crippen LogP contribution >= 0.6 is 24.0 Å². The van der Waals surface area contributed by atoms with Crippen molar-refractivity contribution >= 4 is 35.9 Å². The molecule has 7 heteroatoms. The minimum atomic E-state index is -0.108. The van der Waals surface area contributed by atoms with Gasteiger partial charge in [-0.1, -0.05) is 13.8 Å². The van der Waals surface area contributed by atoms with E-state index in [-0.39, 0.29) is 35.9 Å².